The van der Waals surface area contributed by atoms with Crippen LogP contribution in [0.3, 0.4) is 0 Å². The summed E-state index contributed by atoms with van der Waals surface area (Å²) < 4.78 is 0. The van der Waals surface area contributed by atoms with Crippen LogP contribution in [-0.2, 0) is 0 Å². The minimum absolute atomic E-state index is 0.0463. The van der Waals surface area contributed by atoms with E-state index in [1.807, 2.05) is 91.0 Å². The molecule has 0 saturated heterocycles. The lowest BCUT2D eigenvalue weighted by atomic mass is 9.98. The van der Waals surface area contributed by atoms with Crippen molar-refractivity contribution in [2.45, 2.75) is 0 Å². The van der Waals surface area contributed by atoms with Gasteiger partial charge in [0.05, 0.1) is 0 Å². The van der Waals surface area contributed by atoms with Gasteiger partial charge < -0.3 is 0 Å². The third-order valence-corrected chi connectivity index (χ3v) is 3.53. The van der Waals surface area contributed by atoms with Crippen LogP contribution in [0.4, 0.5) is 0 Å². The summed E-state index contributed by atoms with van der Waals surface area (Å²) in [7, 11) is 0. The number of allylic oxidation sites excluding steroid dienone is 1. The monoisotopic (exact) mass is 296 g/mol. The summed E-state index contributed by atoms with van der Waals surface area (Å²) in [5.74, 6) is -0.0463. The Bertz CT molecular complexity index is 799. The second-order valence-corrected chi connectivity index (χ2v) is 5.13. The predicted octanol–water partition coefficient (Wildman–Crippen LogP) is 5.16. The molecule has 0 amide bonds. The van der Waals surface area contributed by atoms with Crippen LogP contribution in [0.25, 0.3) is 5.57 Å². The van der Waals surface area contributed by atoms with Gasteiger partial charge in [-0.2, -0.15) is 0 Å². The molecule has 3 rings (SSSR count). The number of carbonyl (C=O) groups is 1. The quantitative estimate of drug-likeness (QED) is 0.369. The van der Waals surface area contributed by atoms with Crippen LogP contribution >= 0.6 is 0 Å². The Morgan fingerprint density at radius 1 is 0.609 bits per heavy atom. The molecule has 1 heteroatoms. The van der Waals surface area contributed by atoms with Gasteiger partial charge in [0, 0.05) is 17.2 Å². The van der Waals surface area contributed by atoms with Crippen molar-refractivity contribution in [3.05, 3.63) is 119 Å². The normalized spacial score (nSPS) is 9.74. The van der Waals surface area contributed by atoms with Crippen molar-refractivity contribution < 1.29 is 4.79 Å². The topological polar surface area (TPSA) is 17.1 Å². The van der Waals surface area contributed by atoms with Crippen LogP contribution in [0.1, 0.15) is 21.5 Å². The molecule has 0 N–H and O–H groups in total. The number of rotatable bonds is 4. The third kappa shape index (κ3) is 3.74. The highest BCUT2D eigenvalue weighted by Gasteiger charge is 2.04. The molecule has 23 heavy (non-hydrogen) atoms. The number of benzene rings is 3. The molecule has 0 spiro atoms. The molecule has 3 aromatic carbocycles. The van der Waals surface area contributed by atoms with Crippen molar-refractivity contribution in [1.29, 1.82) is 0 Å². The largest absolute Gasteiger partial charge is 0.289 e. The lowest BCUT2D eigenvalue weighted by molar-refractivity contribution is 0.104. The summed E-state index contributed by atoms with van der Waals surface area (Å²) in [6.07, 6.45) is 1.52. The van der Waals surface area contributed by atoms with Crippen LogP contribution in [-0.4, -0.2) is 5.78 Å². The molecule has 0 bridgehead atoms. The number of hydrogen-bond acceptors (Lipinski definition) is 1. The van der Waals surface area contributed by atoms with E-state index in [-0.39, 0.29) is 5.78 Å². The second-order valence-electron chi connectivity index (χ2n) is 5.13. The maximum absolute atomic E-state index is 12.3. The highest BCUT2D eigenvalue weighted by Crippen LogP contribution is 2.21. The molecule has 0 atom stereocenters. The predicted molar refractivity (Wildman–Crippen MR) is 94.2 cm³/mol. The third-order valence-electron chi connectivity index (χ3n) is 3.53. The number of carbonyl (C=O) groups excluding carboxylic acids is 1. The fraction of sp³-hybridized carbons (Fsp3) is 0. The van der Waals surface area contributed by atoms with Gasteiger partial charge in [-0.1, -0.05) is 91.0 Å². The molecule has 3 aromatic rings. The minimum atomic E-state index is -0.0463. The first kappa shape index (κ1) is 14.8. The molecule has 0 heterocycles. The van der Waals surface area contributed by atoms with Crippen molar-refractivity contribution in [3.8, 4) is 0 Å². The SMILES string of the molecule is O=C(C=C=C(c1ccccc1)c1ccccc1)c1ccccc1. The van der Waals surface area contributed by atoms with Gasteiger partial charge in [-0.15, -0.1) is 5.73 Å². The Labute approximate surface area is 136 Å². The standard InChI is InChI=1S/C22H16O/c23-22(20-14-8-3-9-15-20)17-16-21(18-10-4-1-5-11-18)19-12-6-2-7-13-19/h1-15,17H. The molecular formula is C22H16O. The molecule has 0 aliphatic heterocycles. The van der Waals surface area contributed by atoms with Gasteiger partial charge in [-0.05, 0) is 11.1 Å². The van der Waals surface area contributed by atoms with Crippen LogP contribution in [0.15, 0.2) is 103 Å². The fourth-order valence-electron chi connectivity index (χ4n) is 2.37. The Hall–Kier alpha value is -3.15. The average Bonchev–Trinajstić information content (AvgIpc) is 2.64. The molecule has 110 valence electrons. The van der Waals surface area contributed by atoms with E-state index in [2.05, 4.69) is 5.73 Å². The van der Waals surface area contributed by atoms with Crippen molar-refractivity contribution in [3.63, 3.8) is 0 Å². The van der Waals surface area contributed by atoms with Crippen LogP contribution in [0, 0.1) is 0 Å². The summed E-state index contributed by atoms with van der Waals surface area (Å²) in [6.45, 7) is 0. The zero-order valence-corrected chi connectivity index (χ0v) is 12.6. The first-order valence-electron chi connectivity index (χ1n) is 7.51. The van der Waals surface area contributed by atoms with Crippen molar-refractivity contribution in [2.24, 2.45) is 0 Å². The van der Waals surface area contributed by atoms with Crippen LogP contribution in [0.5, 0.6) is 0 Å². The van der Waals surface area contributed by atoms with Gasteiger partial charge in [0.25, 0.3) is 0 Å². The van der Waals surface area contributed by atoms with E-state index in [4.69, 9.17) is 0 Å². The van der Waals surface area contributed by atoms with Crippen molar-refractivity contribution >= 4 is 11.4 Å². The Morgan fingerprint density at radius 3 is 1.43 bits per heavy atom. The van der Waals surface area contributed by atoms with Gasteiger partial charge in [0.1, 0.15) is 0 Å². The average molecular weight is 296 g/mol. The minimum Gasteiger partial charge on any atom is -0.289 e. The molecule has 0 radical (unpaired) electrons. The molecule has 0 saturated carbocycles. The number of hydrogen-bond donors (Lipinski definition) is 0. The van der Waals surface area contributed by atoms with E-state index in [0.717, 1.165) is 16.7 Å². The molecule has 0 aliphatic carbocycles. The fourth-order valence-corrected chi connectivity index (χ4v) is 2.37. The molecule has 1 nitrogen and oxygen atoms in total. The Balaban J connectivity index is 2.05. The van der Waals surface area contributed by atoms with Gasteiger partial charge in [0.15, 0.2) is 5.78 Å². The zero-order valence-electron chi connectivity index (χ0n) is 12.6. The first-order valence-corrected chi connectivity index (χ1v) is 7.51. The second kappa shape index (κ2) is 7.22. The van der Waals surface area contributed by atoms with Gasteiger partial charge in [-0.25, -0.2) is 0 Å². The van der Waals surface area contributed by atoms with E-state index in [0.29, 0.717) is 5.56 Å². The summed E-state index contributed by atoms with van der Waals surface area (Å²) in [5, 5.41) is 0. The molecule has 0 aromatic heterocycles. The van der Waals surface area contributed by atoms with Crippen molar-refractivity contribution in [2.75, 3.05) is 0 Å². The maximum atomic E-state index is 12.3. The zero-order chi connectivity index (χ0) is 15.9. The first-order chi connectivity index (χ1) is 11.3. The molecular weight excluding hydrogens is 280 g/mol. The van der Waals surface area contributed by atoms with E-state index in [9.17, 15) is 4.79 Å². The summed E-state index contributed by atoms with van der Waals surface area (Å²) >= 11 is 0. The lowest BCUT2D eigenvalue weighted by Crippen LogP contribution is -1.93. The maximum Gasteiger partial charge on any atom is 0.193 e. The Morgan fingerprint density at radius 2 is 1.00 bits per heavy atom. The highest BCUT2D eigenvalue weighted by molar-refractivity contribution is 6.05. The van der Waals surface area contributed by atoms with Crippen molar-refractivity contribution in [1.82, 2.24) is 0 Å². The summed E-state index contributed by atoms with van der Waals surface area (Å²) in [6, 6.07) is 29.2. The van der Waals surface area contributed by atoms with E-state index >= 15 is 0 Å². The van der Waals surface area contributed by atoms with Gasteiger partial charge >= 0.3 is 0 Å². The number of ketones is 1. The van der Waals surface area contributed by atoms with E-state index in [1.165, 1.54) is 6.08 Å². The Kier molecular flexibility index (Phi) is 4.63. The summed E-state index contributed by atoms with van der Waals surface area (Å²) in [5.41, 5.74) is 6.85. The summed E-state index contributed by atoms with van der Waals surface area (Å²) in [4.78, 5) is 12.3. The van der Waals surface area contributed by atoms with Gasteiger partial charge in [0.2, 0.25) is 0 Å². The molecule has 0 fully saturated rings. The molecule has 0 unspecified atom stereocenters. The lowest BCUT2D eigenvalue weighted by Gasteiger charge is -2.05. The van der Waals surface area contributed by atoms with Crippen LogP contribution in [0.2, 0.25) is 0 Å². The van der Waals surface area contributed by atoms with E-state index in [1.54, 1.807) is 0 Å². The molecule has 0 aliphatic rings. The smallest absolute Gasteiger partial charge is 0.193 e. The van der Waals surface area contributed by atoms with E-state index < -0.39 is 0 Å². The highest BCUT2D eigenvalue weighted by atomic mass is 16.1. The van der Waals surface area contributed by atoms with Crippen LogP contribution < -0.4 is 0 Å². The van der Waals surface area contributed by atoms with Gasteiger partial charge in [-0.3, -0.25) is 4.79 Å².